The molecule has 14 heteroatoms. The van der Waals surface area contributed by atoms with Crippen LogP contribution in [0.25, 0.3) is 0 Å². The lowest BCUT2D eigenvalue weighted by atomic mass is 9.97. The zero-order valence-corrected chi connectivity index (χ0v) is 57.2. The smallest absolute Gasteiger partial charge is 0.220 e. The van der Waals surface area contributed by atoms with Crippen molar-refractivity contribution in [3.8, 4) is 0 Å². The topological polar surface area (TPSA) is 228 Å². The Kier molecular flexibility index (Phi) is 56.1. The van der Waals surface area contributed by atoms with E-state index < -0.39 is 86.8 Å². The van der Waals surface area contributed by atoms with Crippen LogP contribution in [0, 0.1) is 0 Å². The molecule has 0 spiro atoms. The fraction of sp³-hybridized carbons (Fsp3) is 0.907. The van der Waals surface area contributed by atoms with Crippen molar-refractivity contribution in [1.82, 2.24) is 5.32 Å². The number of hydrogen-bond donors (Lipinski definition) is 9. The highest BCUT2D eigenvalue weighted by Gasteiger charge is 2.51. The SMILES string of the molecule is CCCCCCC/C=C\C/C=C\CCCCCCCCCCCCCCCCCCCCCCCC(=O)NC(COC1OC(CO)C(OC2OC(CO)C(O)C(O)C2O)C(O)C1O)C(O)/C=C/CCCCCCCCCCCCCCCCCCCCCC. The van der Waals surface area contributed by atoms with Gasteiger partial charge in [-0.25, -0.2) is 0 Å². The van der Waals surface area contributed by atoms with Gasteiger partial charge in [0.05, 0.1) is 32.0 Å². The summed E-state index contributed by atoms with van der Waals surface area (Å²) >= 11 is 0. The third-order valence-corrected chi connectivity index (χ3v) is 18.6. The molecular formula is C75H141NO13. The fourth-order valence-electron chi connectivity index (χ4n) is 12.6. The number of hydrogen-bond acceptors (Lipinski definition) is 13. The van der Waals surface area contributed by atoms with Crippen molar-refractivity contribution in [2.45, 2.75) is 415 Å². The normalized spacial score (nSPS) is 23.2. The third kappa shape index (κ3) is 43.7. The Morgan fingerprint density at radius 1 is 0.404 bits per heavy atom. The lowest BCUT2D eigenvalue weighted by Gasteiger charge is -2.46. The minimum Gasteiger partial charge on any atom is -0.394 e. The van der Waals surface area contributed by atoms with Gasteiger partial charge in [-0.3, -0.25) is 4.79 Å². The quantitative estimate of drug-likeness (QED) is 0.0204. The van der Waals surface area contributed by atoms with E-state index in [-0.39, 0.29) is 18.9 Å². The number of amides is 1. The van der Waals surface area contributed by atoms with Crippen molar-refractivity contribution in [3.05, 3.63) is 36.5 Å². The average Bonchev–Trinajstić information content (AvgIpc) is 2.75. The maximum Gasteiger partial charge on any atom is 0.220 e. The zero-order chi connectivity index (χ0) is 64.5. The molecule has 89 heavy (non-hydrogen) atoms. The van der Waals surface area contributed by atoms with E-state index in [4.69, 9.17) is 18.9 Å². The van der Waals surface area contributed by atoms with Gasteiger partial charge in [-0.15, -0.1) is 0 Å². The van der Waals surface area contributed by atoms with E-state index in [9.17, 15) is 45.6 Å². The molecule has 2 heterocycles. The van der Waals surface area contributed by atoms with Crippen LogP contribution in [-0.2, 0) is 23.7 Å². The van der Waals surface area contributed by atoms with Crippen molar-refractivity contribution < 1.29 is 64.6 Å². The molecule has 0 radical (unpaired) electrons. The number of carbonyl (C=O) groups excluding carboxylic acids is 1. The van der Waals surface area contributed by atoms with E-state index in [1.54, 1.807) is 6.08 Å². The van der Waals surface area contributed by atoms with Crippen LogP contribution in [0.2, 0.25) is 0 Å². The summed E-state index contributed by atoms with van der Waals surface area (Å²) in [7, 11) is 0. The molecule has 2 aliphatic heterocycles. The van der Waals surface area contributed by atoms with Gasteiger partial charge >= 0.3 is 0 Å². The first-order chi connectivity index (χ1) is 43.6. The molecule has 0 aliphatic carbocycles. The largest absolute Gasteiger partial charge is 0.394 e. The van der Waals surface area contributed by atoms with E-state index in [0.29, 0.717) is 6.42 Å². The van der Waals surface area contributed by atoms with Gasteiger partial charge in [0, 0.05) is 6.42 Å². The summed E-state index contributed by atoms with van der Waals surface area (Å²) in [6.45, 7) is 2.84. The monoisotopic (exact) mass is 1260 g/mol. The Morgan fingerprint density at radius 2 is 0.742 bits per heavy atom. The highest BCUT2D eigenvalue weighted by atomic mass is 16.7. The van der Waals surface area contributed by atoms with E-state index in [1.165, 1.54) is 270 Å². The van der Waals surface area contributed by atoms with Crippen LogP contribution >= 0.6 is 0 Å². The Morgan fingerprint density at radius 3 is 1.12 bits per heavy atom. The van der Waals surface area contributed by atoms with Crippen LogP contribution in [0.1, 0.15) is 341 Å². The van der Waals surface area contributed by atoms with Crippen LogP contribution in [0.5, 0.6) is 0 Å². The Hall–Kier alpha value is -1.79. The molecule has 12 unspecified atom stereocenters. The van der Waals surface area contributed by atoms with Crippen molar-refractivity contribution >= 4 is 5.91 Å². The van der Waals surface area contributed by atoms with Gasteiger partial charge in [-0.1, -0.05) is 320 Å². The predicted molar refractivity (Wildman–Crippen MR) is 365 cm³/mol. The number of allylic oxidation sites excluding steroid dienone is 5. The molecule has 0 aromatic heterocycles. The minimum atomic E-state index is -1.79. The molecule has 2 rings (SSSR count). The molecule has 0 bridgehead atoms. The number of unbranched alkanes of at least 4 members (excludes halogenated alkanes) is 46. The van der Waals surface area contributed by atoms with Gasteiger partial charge in [0.2, 0.25) is 5.91 Å². The third-order valence-electron chi connectivity index (χ3n) is 18.6. The van der Waals surface area contributed by atoms with Gasteiger partial charge in [0.15, 0.2) is 12.6 Å². The Labute approximate surface area is 544 Å². The summed E-state index contributed by atoms with van der Waals surface area (Å²) in [6, 6.07) is -0.914. The first-order valence-corrected chi connectivity index (χ1v) is 37.7. The number of rotatable bonds is 63. The van der Waals surface area contributed by atoms with E-state index in [1.807, 2.05) is 6.08 Å². The molecule has 2 aliphatic rings. The van der Waals surface area contributed by atoms with Crippen molar-refractivity contribution in [2.24, 2.45) is 0 Å². The van der Waals surface area contributed by atoms with E-state index in [0.717, 1.165) is 44.9 Å². The van der Waals surface area contributed by atoms with Crippen LogP contribution in [0.15, 0.2) is 36.5 Å². The summed E-state index contributed by atoms with van der Waals surface area (Å²) in [5.74, 6) is -0.232. The molecule has 9 N–H and O–H groups in total. The first kappa shape index (κ1) is 83.3. The van der Waals surface area contributed by atoms with Crippen LogP contribution in [0.3, 0.4) is 0 Å². The summed E-state index contributed by atoms with van der Waals surface area (Å²) in [6.07, 6.45) is 60.7. The minimum absolute atomic E-state index is 0.232. The van der Waals surface area contributed by atoms with Crippen molar-refractivity contribution in [1.29, 1.82) is 0 Å². The molecule has 0 aromatic rings. The molecule has 1 amide bonds. The second-order valence-corrected chi connectivity index (χ2v) is 26.8. The maximum atomic E-state index is 13.4. The van der Waals surface area contributed by atoms with Gasteiger partial charge in [-0.2, -0.15) is 0 Å². The summed E-state index contributed by atoms with van der Waals surface area (Å²) in [5, 5.41) is 87.5. The van der Waals surface area contributed by atoms with Gasteiger partial charge in [0.25, 0.3) is 0 Å². The second-order valence-electron chi connectivity index (χ2n) is 26.8. The molecule has 0 aromatic carbocycles. The molecule has 2 fully saturated rings. The predicted octanol–water partition coefficient (Wildman–Crippen LogP) is 16.1. The molecule has 12 atom stereocenters. The number of nitrogens with one attached hydrogen (secondary N) is 1. The fourth-order valence-corrected chi connectivity index (χ4v) is 12.6. The average molecular weight is 1260 g/mol. The number of aliphatic hydroxyl groups is 8. The molecule has 524 valence electrons. The van der Waals surface area contributed by atoms with E-state index >= 15 is 0 Å². The van der Waals surface area contributed by atoms with Crippen LogP contribution < -0.4 is 5.32 Å². The van der Waals surface area contributed by atoms with Gasteiger partial charge in [-0.05, 0) is 51.4 Å². The summed E-state index contributed by atoms with van der Waals surface area (Å²) in [4.78, 5) is 13.4. The molecule has 2 saturated heterocycles. The Bertz CT molecular complexity index is 1630. The number of ether oxygens (including phenoxy) is 4. The first-order valence-electron chi connectivity index (χ1n) is 37.7. The standard InChI is InChI=1S/C75H141NO13/c1-3-5-7-9-11-13-15-17-19-21-23-25-27-28-29-30-31-32-33-34-35-36-37-39-41-43-45-47-49-51-53-55-57-59-67(80)76-63(62-86-74-72(85)70(83)73(66(61-78)88-74)89-75-71(84)69(82)68(81)65(60-77)87-75)64(79)58-56-54-52-50-48-46-44-42-40-38-26-24-22-20-18-16-14-12-10-8-6-4-2/h15,17,21,23,56,58,63-66,68-75,77-79,81-85H,3-14,16,18-20,22,24-55,57,59-62H2,1-2H3,(H,76,80)/b17-15-,23-21-,58-56+. The van der Waals surface area contributed by atoms with Crippen molar-refractivity contribution in [2.75, 3.05) is 19.8 Å². The molecular weight excluding hydrogens is 1120 g/mol. The van der Waals surface area contributed by atoms with Gasteiger partial charge in [0.1, 0.15) is 48.8 Å². The summed E-state index contributed by atoms with van der Waals surface area (Å²) in [5.41, 5.74) is 0. The lowest BCUT2D eigenvalue weighted by Crippen LogP contribution is -2.65. The molecule has 0 saturated carbocycles. The van der Waals surface area contributed by atoms with Gasteiger partial charge < -0.3 is 65.1 Å². The van der Waals surface area contributed by atoms with Crippen molar-refractivity contribution in [3.63, 3.8) is 0 Å². The Balaban J connectivity index is 1.63. The lowest BCUT2D eigenvalue weighted by molar-refractivity contribution is -0.359. The zero-order valence-electron chi connectivity index (χ0n) is 57.2. The second kappa shape index (κ2) is 59.9. The van der Waals surface area contributed by atoms with Crippen LogP contribution in [-0.4, -0.2) is 140 Å². The maximum absolute atomic E-state index is 13.4. The summed E-state index contributed by atoms with van der Waals surface area (Å²) < 4.78 is 22.9. The van der Waals surface area contributed by atoms with E-state index in [2.05, 4.69) is 43.5 Å². The molecule has 14 nitrogen and oxygen atoms in total. The number of carbonyl (C=O) groups is 1. The highest BCUT2D eigenvalue weighted by molar-refractivity contribution is 5.76. The highest BCUT2D eigenvalue weighted by Crippen LogP contribution is 2.30. The number of aliphatic hydroxyl groups excluding tert-OH is 8. The van der Waals surface area contributed by atoms with Crippen LogP contribution in [0.4, 0.5) is 0 Å².